The van der Waals surface area contributed by atoms with Crippen LogP contribution >= 0.6 is 0 Å². The summed E-state index contributed by atoms with van der Waals surface area (Å²) in [5, 5.41) is 5.35. The molecule has 0 atom stereocenters. The molecule has 146 valence electrons. The largest absolute Gasteiger partial charge is 0.355 e. The molecule has 2 aromatic rings. The van der Waals surface area contributed by atoms with Crippen LogP contribution in [0.5, 0.6) is 0 Å². The maximum atomic E-state index is 13.0. The number of nitrogens with zero attached hydrogens (tertiary/aromatic N) is 1. The van der Waals surface area contributed by atoms with Crippen LogP contribution in [0.2, 0.25) is 0 Å². The minimum Gasteiger partial charge on any atom is -0.355 e. The highest BCUT2D eigenvalue weighted by Gasteiger charge is 2.33. The Hall–Kier alpha value is -3.15. The number of hydrogen-bond donors (Lipinski definition) is 2. The molecule has 1 saturated carbocycles. The van der Waals surface area contributed by atoms with E-state index in [1.807, 2.05) is 41.3 Å². The Kier molecular flexibility index (Phi) is 6.09. The van der Waals surface area contributed by atoms with Gasteiger partial charge in [0.15, 0.2) is 0 Å². The van der Waals surface area contributed by atoms with Crippen LogP contribution < -0.4 is 10.6 Å². The van der Waals surface area contributed by atoms with Gasteiger partial charge in [-0.05, 0) is 48.2 Å². The summed E-state index contributed by atoms with van der Waals surface area (Å²) in [4.78, 5) is 37.6. The van der Waals surface area contributed by atoms with Gasteiger partial charge in [-0.3, -0.25) is 14.4 Å². The molecule has 0 saturated heterocycles. The van der Waals surface area contributed by atoms with Crippen molar-refractivity contribution in [3.05, 3.63) is 70.8 Å². The molecule has 6 nitrogen and oxygen atoms in total. The van der Waals surface area contributed by atoms with Gasteiger partial charge in [0.05, 0.1) is 0 Å². The van der Waals surface area contributed by atoms with Crippen molar-refractivity contribution in [3.8, 4) is 0 Å². The van der Waals surface area contributed by atoms with E-state index < -0.39 is 0 Å². The average molecular weight is 379 g/mol. The Balaban J connectivity index is 1.69. The first-order chi connectivity index (χ1) is 13.5. The molecule has 0 heterocycles. The highest BCUT2D eigenvalue weighted by molar-refractivity contribution is 5.95. The molecule has 0 bridgehead atoms. The normalized spacial score (nSPS) is 12.9. The molecule has 1 aliphatic carbocycles. The molecule has 1 aliphatic rings. The lowest BCUT2D eigenvalue weighted by Gasteiger charge is -2.23. The van der Waals surface area contributed by atoms with Crippen LogP contribution in [0, 0.1) is 0 Å². The molecule has 0 radical (unpaired) electrons. The van der Waals surface area contributed by atoms with Gasteiger partial charge in [0.1, 0.15) is 0 Å². The van der Waals surface area contributed by atoms with E-state index in [0.717, 1.165) is 24.0 Å². The summed E-state index contributed by atoms with van der Waals surface area (Å²) in [6.07, 6.45) is 2.03. The summed E-state index contributed by atoms with van der Waals surface area (Å²) in [6, 6.07) is 15.0. The van der Waals surface area contributed by atoms with Crippen molar-refractivity contribution in [2.45, 2.75) is 38.9 Å². The lowest BCUT2D eigenvalue weighted by Crippen LogP contribution is -2.32. The molecule has 3 amide bonds. The topological polar surface area (TPSA) is 78.5 Å². The van der Waals surface area contributed by atoms with Gasteiger partial charge >= 0.3 is 0 Å². The first-order valence-corrected chi connectivity index (χ1v) is 9.43. The Morgan fingerprint density at radius 2 is 1.50 bits per heavy atom. The lowest BCUT2D eigenvalue weighted by atomic mass is 10.1. The zero-order chi connectivity index (χ0) is 20.1. The van der Waals surface area contributed by atoms with E-state index in [0.29, 0.717) is 24.2 Å². The number of nitrogens with one attached hydrogen (secondary N) is 2. The molecule has 3 rings (SSSR count). The van der Waals surface area contributed by atoms with Crippen molar-refractivity contribution in [1.29, 1.82) is 0 Å². The molecule has 2 aromatic carbocycles. The van der Waals surface area contributed by atoms with Gasteiger partial charge in [-0.1, -0.05) is 24.3 Å². The number of hydrogen-bond acceptors (Lipinski definition) is 3. The fourth-order valence-electron chi connectivity index (χ4n) is 3.01. The first-order valence-electron chi connectivity index (χ1n) is 9.43. The van der Waals surface area contributed by atoms with Crippen molar-refractivity contribution in [3.63, 3.8) is 0 Å². The fourth-order valence-corrected chi connectivity index (χ4v) is 3.01. The molecule has 0 unspecified atom stereocenters. The summed E-state index contributed by atoms with van der Waals surface area (Å²) in [5.41, 5.74) is 3.19. The van der Waals surface area contributed by atoms with Gasteiger partial charge in [0, 0.05) is 44.2 Å². The number of rotatable bonds is 7. The van der Waals surface area contributed by atoms with Crippen molar-refractivity contribution in [1.82, 2.24) is 15.5 Å². The van der Waals surface area contributed by atoms with E-state index in [9.17, 15) is 14.4 Å². The second-order valence-corrected chi connectivity index (χ2v) is 7.05. The maximum absolute atomic E-state index is 13.0. The van der Waals surface area contributed by atoms with Gasteiger partial charge in [0.25, 0.3) is 11.8 Å². The van der Waals surface area contributed by atoms with Crippen LogP contribution in [0.15, 0.2) is 48.5 Å². The standard InChI is InChI=1S/C22H25N3O3/c1-15(26)24-13-16-3-9-19(10-4-16)22(28)25(20-11-12-20)14-17-5-7-18(8-6-17)21(27)23-2/h3-10,20H,11-14H2,1-2H3,(H,23,27)(H,24,26). The number of carbonyl (C=O) groups is 3. The second kappa shape index (κ2) is 8.69. The number of amides is 3. The van der Waals surface area contributed by atoms with E-state index in [4.69, 9.17) is 0 Å². The van der Waals surface area contributed by atoms with Crippen LogP contribution in [0.1, 0.15) is 51.6 Å². The predicted octanol–water partition coefficient (Wildman–Crippen LogP) is 2.49. The van der Waals surface area contributed by atoms with Crippen molar-refractivity contribution in [2.75, 3.05) is 7.05 Å². The highest BCUT2D eigenvalue weighted by Crippen LogP contribution is 2.30. The minimum absolute atomic E-state index is 0.00366. The monoisotopic (exact) mass is 379 g/mol. The minimum atomic E-state index is -0.124. The molecule has 0 aromatic heterocycles. The molecule has 1 fully saturated rings. The van der Waals surface area contributed by atoms with Crippen molar-refractivity contribution >= 4 is 17.7 Å². The van der Waals surface area contributed by atoms with E-state index in [2.05, 4.69) is 10.6 Å². The molecule has 0 spiro atoms. The molecule has 0 aliphatic heterocycles. The van der Waals surface area contributed by atoms with Crippen LogP contribution in [-0.4, -0.2) is 35.7 Å². The van der Waals surface area contributed by atoms with Crippen molar-refractivity contribution in [2.24, 2.45) is 0 Å². The smallest absolute Gasteiger partial charge is 0.254 e. The summed E-state index contributed by atoms with van der Waals surface area (Å²) in [6.45, 7) is 2.45. The summed E-state index contributed by atoms with van der Waals surface area (Å²) >= 11 is 0. The zero-order valence-electron chi connectivity index (χ0n) is 16.2. The third kappa shape index (κ3) is 4.97. The molecule has 6 heteroatoms. The molecule has 28 heavy (non-hydrogen) atoms. The van der Waals surface area contributed by atoms with Crippen LogP contribution in [0.25, 0.3) is 0 Å². The van der Waals surface area contributed by atoms with Crippen LogP contribution in [0.3, 0.4) is 0 Å². The van der Waals surface area contributed by atoms with E-state index in [-0.39, 0.29) is 23.8 Å². The van der Waals surface area contributed by atoms with E-state index in [1.165, 1.54) is 6.92 Å². The molecular formula is C22H25N3O3. The molecular weight excluding hydrogens is 354 g/mol. The van der Waals surface area contributed by atoms with Crippen LogP contribution in [-0.2, 0) is 17.9 Å². The Bertz CT molecular complexity index is 856. The quantitative estimate of drug-likeness (QED) is 0.776. The van der Waals surface area contributed by atoms with Crippen molar-refractivity contribution < 1.29 is 14.4 Å². The van der Waals surface area contributed by atoms with Gasteiger partial charge < -0.3 is 15.5 Å². The average Bonchev–Trinajstić information content (AvgIpc) is 3.55. The van der Waals surface area contributed by atoms with E-state index >= 15 is 0 Å². The van der Waals surface area contributed by atoms with Gasteiger partial charge in [0.2, 0.25) is 5.91 Å². The van der Waals surface area contributed by atoms with Crippen LogP contribution in [0.4, 0.5) is 0 Å². The molecule has 2 N–H and O–H groups in total. The van der Waals surface area contributed by atoms with E-state index in [1.54, 1.807) is 19.2 Å². The predicted molar refractivity (Wildman–Crippen MR) is 107 cm³/mol. The Morgan fingerprint density at radius 1 is 0.929 bits per heavy atom. The Labute approximate surface area is 164 Å². The third-order valence-electron chi connectivity index (χ3n) is 4.79. The second-order valence-electron chi connectivity index (χ2n) is 7.05. The van der Waals surface area contributed by atoms with Gasteiger partial charge in [-0.2, -0.15) is 0 Å². The van der Waals surface area contributed by atoms with Gasteiger partial charge in [-0.25, -0.2) is 0 Å². The zero-order valence-corrected chi connectivity index (χ0v) is 16.2. The maximum Gasteiger partial charge on any atom is 0.254 e. The highest BCUT2D eigenvalue weighted by atomic mass is 16.2. The first kappa shape index (κ1) is 19.6. The summed E-state index contributed by atoms with van der Waals surface area (Å²) in [7, 11) is 1.60. The Morgan fingerprint density at radius 3 is 2.04 bits per heavy atom. The SMILES string of the molecule is CNC(=O)c1ccc(CN(C(=O)c2ccc(CNC(C)=O)cc2)C2CC2)cc1. The fraction of sp³-hybridized carbons (Fsp3) is 0.318. The number of carbonyl (C=O) groups excluding carboxylic acids is 3. The number of benzene rings is 2. The summed E-state index contributed by atoms with van der Waals surface area (Å²) < 4.78 is 0. The third-order valence-corrected chi connectivity index (χ3v) is 4.79. The lowest BCUT2D eigenvalue weighted by molar-refractivity contribution is -0.119. The summed E-state index contributed by atoms with van der Waals surface area (Å²) in [5.74, 6) is -0.201. The van der Waals surface area contributed by atoms with Gasteiger partial charge in [-0.15, -0.1) is 0 Å².